The van der Waals surface area contributed by atoms with Gasteiger partial charge in [0.25, 0.3) is 0 Å². The molecule has 2 atom stereocenters. The Kier molecular flexibility index (Phi) is 7.36. The predicted molar refractivity (Wildman–Crippen MR) is 123 cm³/mol. The Balaban J connectivity index is 1.62. The molecule has 190 valence electrons. The Morgan fingerprint density at radius 3 is 2.14 bits per heavy atom. The molecule has 2 unspecified atom stereocenters. The lowest BCUT2D eigenvalue weighted by molar-refractivity contribution is -0.191. The Bertz CT molecular complexity index is 1300. The van der Waals surface area contributed by atoms with Gasteiger partial charge in [-0.05, 0) is 72.7 Å². The van der Waals surface area contributed by atoms with E-state index in [0.29, 0.717) is 12.3 Å². The number of ether oxygens (including phenoxy) is 1. The Morgan fingerprint density at radius 1 is 0.861 bits per heavy atom. The first kappa shape index (κ1) is 26.1. The van der Waals surface area contributed by atoms with E-state index in [9.17, 15) is 30.7 Å². The van der Waals surface area contributed by atoms with E-state index in [2.05, 4.69) is 4.74 Å². The number of halogens is 8. The Morgan fingerprint density at radius 2 is 1.56 bits per heavy atom. The van der Waals surface area contributed by atoms with Crippen molar-refractivity contribution in [1.29, 1.82) is 0 Å². The summed E-state index contributed by atoms with van der Waals surface area (Å²) in [7, 11) is 0. The van der Waals surface area contributed by atoms with Crippen molar-refractivity contribution in [2.75, 3.05) is 0 Å². The third-order valence-corrected chi connectivity index (χ3v) is 6.66. The molecule has 4 rings (SSSR count). The van der Waals surface area contributed by atoms with Crippen LogP contribution in [0.3, 0.4) is 0 Å². The van der Waals surface area contributed by atoms with Crippen LogP contribution in [0.2, 0.25) is 5.02 Å². The minimum Gasteiger partial charge on any atom is -0.426 e. The van der Waals surface area contributed by atoms with Gasteiger partial charge < -0.3 is 4.74 Å². The van der Waals surface area contributed by atoms with Gasteiger partial charge in [0, 0.05) is 11.5 Å². The largest absolute Gasteiger partial charge is 0.432 e. The quantitative estimate of drug-likeness (QED) is 0.229. The van der Waals surface area contributed by atoms with Crippen molar-refractivity contribution in [3.8, 4) is 16.9 Å². The molecule has 0 radical (unpaired) electrons. The predicted octanol–water partition coefficient (Wildman–Crippen LogP) is 9.29. The molecule has 0 spiro atoms. The second kappa shape index (κ2) is 10.2. The lowest BCUT2D eigenvalue weighted by atomic mass is 9.83. The molecule has 3 aromatic carbocycles. The van der Waals surface area contributed by atoms with Crippen LogP contribution in [-0.2, 0) is 6.11 Å². The molecule has 0 N–H and O–H groups in total. The van der Waals surface area contributed by atoms with Crippen LogP contribution in [-0.4, -0.2) is 0 Å². The third-order valence-electron chi connectivity index (χ3n) is 6.29. The smallest absolute Gasteiger partial charge is 0.426 e. The van der Waals surface area contributed by atoms with Gasteiger partial charge in [-0.2, -0.15) is 8.78 Å². The average Bonchev–Trinajstić information content (AvgIpc) is 2.83. The highest BCUT2D eigenvalue weighted by atomic mass is 35.5. The molecule has 1 aliphatic rings. The summed E-state index contributed by atoms with van der Waals surface area (Å²) in [4.78, 5) is 0. The van der Waals surface area contributed by atoms with Gasteiger partial charge in [-0.1, -0.05) is 36.7 Å². The third kappa shape index (κ3) is 5.09. The zero-order valence-electron chi connectivity index (χ0n) is 18.9. The summed E-state index contributed by atoms with van der Waals surface area (Å²) in [5.41, 5.74) is -1.61. The van der Waals surface area contributed by atoms with Crippen LogP contribution >= 0.6 is 11.6 Å². The van der Waals surface area contributed by atoms with Gasteiger partial charge in [0.15, 0.2) is 23.2 Å². The zero-order valence-corrected chi connectivity index (χ0v) is 19.7. The van der Waals surface area contributed by atoms with Crippen LogP contribution in [0.15, 0.2) is 54.6 Å². The van der Waals surface area contributed by atoms with Crippen molar-refractivity contribution in [2.45, 2.75) is 38.2 Å². The number of hydrogen-bond acceptors (Lipinski definition) is 1. The molecule has 0 aromatic heterocycles. The minimum atomic E-state index is -4.59. The van der Waals surface area contributed by atoms with E-state index in [4.69, 9.17) is 11.6 Å². The van der Waals surface area contributed by atoms with Crippen LogP contribution in [0.4, 0.5) is 30.7 Å². The van der Waals surface area contributed by atoms with Crippen molar-refractivity contribution in [3.63, 3.8) is 0 Å². The van der Waals surface area contributed by atoms with Gasteiger partial charge >= 0.3 is 6.11 Å². The maximum absolute atomic E-state index is 14.8. The fourth-order valence-corrected chi connectivity index (χ4v) is 4.53. The van der Waals surface area contributed by atoms with Gasteiger partial charge in [-0.25, -0.2) is 22.0 Å². The molecule has 0 aliphatic heterocycles. The average molecular weight is 529 g/mol. The lowest BCUT2D eigenvalue weighted by Gasteiger charge is -2.24. The highest BCUT2D eigenvalue weighted by molar-refractivity contribution is 6.33. The first-order valence-electron chi connectivity index (χ1n) is 11.2. The number of allylic oxidation sites excluding steroid dienone is 2. The summed E-state index contributed by atoms with van der Waals surface area (Å²) in [6.45, 7) is 2.03. The molecule has 0 fully saturated rings. The highest BCUT2D eigenvalue weighted by Crippen LogP contribution is 2.41. The number of rotatable bonds is 6. The topological polar surface area (TPSA) is 9.23 Å². The van der Waals surface area contributed by atoms with Crippen LogP contribution in [0.1, 0.15) is 43.2 Å². The standard InChI is InChI=1S/C27H20ClF7O/c1-2-14-3-5-15(6-4-14)17-12-21(31)24(22(32)13-17)27(34,35)36-23-10-8-18(25(28)26(23)33)16-7-9-19(29)20(30)11-16/h3,5,7-15H,2,4,6H2,1H3. The maximum Gasteiger partial charge on any atom is 0.432 e. The Labute approximate surface area is 208 Å². The molecule has 9 heteroatoms. The van der Waals surface area contributed by atoms with E-state index in [-0.39, 0.29) is 22.6 Å². The van der Waals surface area contributed by atoms with E-state index < -0.39 is 51.5 Å². The van der Waals surface area contributed by atoms with Crippen LogP contribution in [0.25, 0.3) is 11.1 Å². The van der Waals surface area contributed by atoms with E-state index >= 15 is 0 Å². The lowest BCUT2D eigenvalue weighted by Crippen LogP contribution is -2.26. The molecule has 0 saturated heterocycles. The molecular formula is C27H20ClF7O. The van der Waals surface area contributed by atoms with Crippen molar-refractivity contribution in [2.24, 2.45) is 5.92 Å². The fourth-order valence-electron chi connectivity index (χ4n) is 4.27. The van der Waals surface area contributed by atoms with Gasteiger partial charge in [0.05, 0.1) is 5.02 Å². The summed E-state index contributed by atoms with van der Waals surface area (Å²) in [5.74, 6) is -7.94. The molecule has 0 saturated carbocycles. The number of hydrogen-bond donors (Lipinski definition) is 0. The maximum atomic E-state index is 14.8. The van der Waals surface area contributed by atoms with Crippen molar-refractivity contribution in [1.82, 2.24) is 0 Å². The molecule has 0 bridgehead atoms. The molecule has 36 heavy (non-hydrogen) atoms. The highest BCUT2D eigenvalue weighted by Gasteiger charge is 2.42. The minimum absolute atomic E-state index is 0.0224. The zero-order chi connectivity index (χ0) is 26.2. The summed E-state index contributed by atoms with van der Waals surface area (Å²) in [6, 6.07) is 6.10. The van der Waals surface area contributed by atoms with Crippen LogP contribution < -0.4 is 4.74 Å². The molecule has 0 amide bonds. The molecule has 0 heterocycles. The first-order valence-corrected chi connectivity index (χ1v) is 11.6. The second-order valence-electron chi connectivity index (χ2n) is 8.58. The van der Waals surface area contributed by atoms with E-state index in [0.717, 1.165) is 55.3 Å². The normalized spacial score (nSPS) is 17.9. The van der Waals surface area contributed by atoms with Crippen molar-refractivity contribution < 1.29 is 35.5 Å². The molecule has 1 nitrogen and oxygen atoms in total. The summed E-state index contributed by atoms with van der Waals surface area (Å²) in [5, 5.41) is -0.722. The number of benzene rings is 3. The molecule has 1 aliphatic carbocycles. The van der Waals surface area contributed by atoms with E-state index in [1.54, 1.807) is 0 Å². The first-order chi connectivity index (χ1) is 17.0. The monoisotopic (exact) mass is 528 g/mol. The fraction of sp³-hybridized carbons (Fsp3) is 0.259. The SMILES string of the molecule is CCC1C=CC(c2cc(F)c(C(F)(F)Oc3ccc(-c4ccc(F)c(F)c4)c(Cl)c3F)c(F)c2)CC1. The molecule has 3 aromatic rings. The summed E-state index contributed by atoms with van der Waals surface area (Å²) >= 11 is 5.92. The van der Waals surface area contributed by atoms with E-state index in [1.807, 2.05) is 19.1 Å². The molecular weight excluding hydrogens is 509 g/mol. The van der Waals surface area contributed by atoms with Gasteiger partial charge in [0.1, 0.15) is 17.2 Å². The summed E-state index contributed by atoms with van der Waals surface area (Å²) < 4.78 is 105. The second-order valence-corrected chi connectivity index (χ2v) is 8.96. The van der Waals surface area contributed by atoms with Crippen LogP contribution in [0, 0.1) is 35.0 Å². The Hall–Kier alpha value is -3.00. The van der Waals surface area contributed by atoms with Crippen LogP contribution in [0.5, 0.6) is 5.75 Å². The van der Waals surface area contributed by atoms with Gasteiger partial charge in [0.2, 0.25) is 0 Å². The summed E-state index contributed by atoms with van der Waals surface area (Å²) in [6.07, 6.45) is 1.53. The van der Waals surface area contributed by atoms with Gasteiger partial charge in [-0.3, -0.25) is 0 Å². The van der Waals surface area contributed by atoms with Crippen molar-refractivity contribution >= 4 is 11.6 Å². The van der Waals surface area contributed by atoms with E-state index in [1.165, 1.54) is 0 Å². The van der Waals surface area contributed by atoms with Gasteiger partial charge in [-0.15, -0.1) is 0 Å². The van der Waals surface area contributed by atoms with Crippen molar-refractivity contribution in [3.05, 3.63) is 99.9 Å². The number of alkyl halides is 2.